The Hall–Kier alpha value is -6.13. The van der Waals surface area contributed by atoms with Crippen molar-refractivity contribution >= 4 is 21.7 Å². The third-order valence-electron chi connectivity index (χ3n) is 8.22. The van der Waals surface area contributed by atoms with Crippen LogP contribution in [-0.2, 0) is 0 Å². The monoisotopic (exact) mass is 577 g/mol. The van der Waals surface area contributed by atoms with Crippen LogP contribution in [0.15, 0.2) is 169 Å². The van der Waals surface area contributed by atoms with E-state index in [0.717, 1.165) is 61.2 Å². The Morgan fingerprint density at radius 1 is 0.400 bits per heavy atom. The van der Waals surface area contributed by atoms with E-state index in [0.29, 0.717) is 11.2 Å². The fourth-order valence-electron chi connectivity index (χ4n) is 6.02. The molecule has 45 heavy (non-hydrogen) atoms. The Balaban J connectivity index is 1.34. The van der Waals surface area contributed by atoms with Crippen LogP contribution in [-0.4, -0.2) is 14.5 Å². The normalized spacial score (nSPS) is 11.2. The lowest BCUT2D eigenvalue weighted by molar-refractivity contribution is 1.06. The van der Waals surface area contributed by atoms with Crippen LogP contribution < -0.4 is 5.56 Å². The summed E-state index contributed by atoms with van der Waals surface area (Å²) < 4.78 is 1.83. The molecular weight excluding hydrogens is 550 g/mol. The van der Waals surface area contributed by atoms with E-state index in [1.165, 1.54) is 0 Å². The number of rotatable bonds is 5. The number of fused-ring (bicyclic) bond motifs is 3. The molecule has 0 amide bonds. The standard InChI is InChI=1S/C41H27N3O/c45-41-35-22-11-10-21-34(35)36-26-31(28-13-4-1-5-14-28)23-24-39(36)44(41)33-20-12-19-32(25-33)38-27-37(29-15-6-2-7-16-29)42-40(43-38)30-17-8-3-9-18-30/h1-27H. The predicted molar refractivity (Wildman–Crippen MR) is 184 cm³/mol. The van der Waals surface area contributed by atoms with Gasteiger partial charge in [0.05, 0.1) is 16.9 Å². The molecule has 0 unspecified atom stereocenters. The number of aromatic nitrogens is 3. The van der Waals surface area contributed by atoms with Crippen LogP contribution in [0.5, 0.6) is 0 Å². The minimum Gasteiger partial charge on any atom is -0.276 e. The second-order valence-corrected chi connectivity index (χ2v) is 11.0. The van der Waals surface area contributed by atoms with Gasteiger partial charge in [-0.3, -0.25) is 9.36 Å². The highest BCUT2D eigenvalue weighted by molar-refractivity contribution is 6.07. The SMILES string of the molecule is O=c1c2ccccc2c2cc(-c3ccccc3)ccc2n1-c1cccc(-c2cc(-c3ccccc3)nc(-c3ccccc3)n2)c1. The van der Waals surface area contributed by atoms with E-state index in [4.69, 9.17) is 9.97 Å². The molecule has 8 rings (SSSR count). The average molecular weight is 578 g/mol. The summed E-state index contributed by atoms with van der Waals surface area (Å²) in [5.74, 6) is 0.652. The van der Waals surface area contributed by atoms with Crippen LogP contribution in [0, 0.1) is 0 Å². The maximum Gasteiger partial charge on any atom is 0.263 e. The van der Waals surface area contributed by atoms with Gasteiger partial charge in [0, 0.05) is 33.2 Å². The minimum absolute atomic E-state index is 0.0552. The minimum atomic E-state index is -0.0552. The highest BCUT2D eigenvalue weighted by Crippen LogP contribution is 2.32. The van der Waals surface area contributed by atoms with E-state index in [2.05, 4.69) is 42.5 Å². The summed E-state index contributed by atoms with van der Waals surface area (Å²) in [4.78, 5) is 24.1. The Morgan fingerprint density at radius 3 is 1.69 bits per heavy atom. The third-order valence-corrected chi connectivity index (χ3v) is 8.22. The van der Waals surface area contributed by atoms with Crippen molar-refractivity contribution in [3.63, 3.8) is 0 Å². The molecule has 0 saturated carbocycles. The molecule has 8 aromatic rings. The molecule has 0 N–H and O–H groups in total. The van der Waals surface area contributed by atoms with Gasteiger partial charge < -0.3 is 0 Å². The van der Waals surface area contributed by atoms with E-state index in [-0.39, 0.29) is 5.56 Å². The fourth-order valence-corrected chi connectivity index (χ4v) is 6.02. The summed E-state index contributed by atoms with van der Waals surface area (Å²) in [5, 5.41) is 2.65. The van der Waals surface area contributed by atoms with E-state index < -0.39 is 0 Å². The third kappa shape index (κ3) is 4.89. The summed E-state index contributed by atoms with van der Waals surface area (Å²) in [6.45, 7) is 0. The number of hydrogen-bond acceptors (Lipinski definition) is 3. The summed E-state index contributed by atoms with van der Waals surface area (Å²) in [6.07, 6.45) is 0. The molecule has 0 atom stereocenters. The molecule has 6 aromatic carbocycles. The molecule has 4 nitrogen and oxygen atoms in total. The van der Waals surface area contributed by atoms with Gasteiger partial charge in [-0.25, -0.2) is 9.97 Å². The van der Waals surface area contributed by atoms with Gasteiger partial charge in [-0.05, 0) is 52.9 Å². The highest BCUT2D eigenvalue weighted by atomic mass is 16.1. The molecule has 0 bridgehead atoms. The average Bonchev–Trinajstić information content (AvgIpc) is 3.13. The number of pyridine rings is 1. The fraction of sp³-hybridized carbons (Fsp3) is 0. The maximum atomic E-state index is 14.2. The number of hydrogen-bond donors (Lipinski definition) is 0. The van der Waals surface area contributed by atoms with Gasteiger partial charge in [0.25, 0.3) is 5.56 Å². The Morgan fingerprint density at radius 2 is 0.978 bits per heavy atom. The molecule has 4 heteroatoms. The molecule has 0 radical (unpaired) electrons. The lowest BCUT2D eigenvalue weighted by Gasteiger charge is -2.16. The van der Waals surface area contributed by atoms with Crippen LogP contribution in [0.2, 0.25) is 0 Å². The van der Waals surface area contributed by atoms with Crippen molar-refractivity contribution in [2.24, 2.45) is 0 Å². The van der Waals surface area contributed by atoms with Gasteiger partial charge in [0.1, 0.15) is 0 Å². The zero-order chi connectivity index (χ0) is 30.2. The van der Waals surface area contributed by atoms with Crippen molar-refractivity contribution in [3.8, 4) is 50.7 Å². The Kier molecular flexibility index (Phi) is 6.58. The lowest BCUT2D eigenvalue weighted by Crippen LogP contribution is -2.19. The van der Waals surface area contributed by atoms with E-state index in [9.17, 15) is 4.79 Å². The highest BCUT2D eigenvalue weighted by Gasteiger charge is 2.15. The number of benzene rings is 6. The van der Waals surface area contributed by atoms with Crippen LogP contribution in [0.25, 0.3) is 72.4 Å². The van der Waals surface area contributed by atoms with Gasteiger partial charge in [-0.15, -0.1) is 0 Å². The Labute approximate surface area is 260 Å². The second-order valence-electron chi connectivity index (χ2n) is 11.0. The van der Waals surface area contributed by atoms with Crippen LogP contribution in [0.3, 0.4) is 0 Å². The van der Waals surface area contributed by atoms with Crippen LogP contribution >= 0.6 is 0 Å². The van der Waals surface area contributed by atoms with Gasteiger partial charge in [0.2, 0.25) is 0 Å². The van der Waals surface area contributed by atoms with Gasteiger partial charge >= 0.3 is 0 Å². The van der Waals surface area contributed by atoms with Crippen molar-refractivity contribution in [1.29, 1.82) is 0 Å². The smallest absolute Gasteiger partial charge is 0.263 e. The first-order valence-electron chi connectivity index (χ1n) is 15.0. The van der Waals surface area contributed by atoms with Crippen molar-refractivity contribution in [3.05, 3.63) is 174 Å². The summed E-state index contributed by atoms with van der Waals surface area (Å²) >= 11 is 0. The van der Waals surface area contributed by atoms with Crippen molar-refractivity contribution in [1.82, 2.24) is 14.5 Å². The predicted octanol–water partition coefficient (Wildman–Crippen LogP) is 9.60. The van der Waals surface area contributed by atoms with Gasteiger partial charge in [-0.1, -0.05) is 127 Å². The van der Waals surface area contributed by atoms with Crippen LogP contribution in [0.1, 0.15) is 0 Å². The lowest BCUT2D eigenvalue weighted by atomic mass is 9.99. The first kappa shape index (κ1) is 26.5. The van der Waals surface area contributed by atoms with Crippen molar-refractivity contribution < 1.29 is 0 Å². The molecule has 0 saturated heterocycles. The molecule has 0 aliphatic carbocycles. The molecular formula is C41H27N3O. The summed E-state index contributed by atoms with van der Waals surface area (Å²) in [6, 6.07) is 54.8. The molecule has 0 spiro atoms. The Bertz CT molecular complexity index is 2320. The zero-order valence-corrected chi connectivity index (χ0v) is 24.3. The molecule has 0 aliphatic rings. The van der Waals surface area contributed by atoms with Crippen LogP contribution in [0.4, 0.5) is 0 Å². The first-order chi connectivity index (χ1) is 22.2. The van der Waals surface area contributed by atoms with Crippen molar-refractivity contribution in [2.75, 3.05) is 0 Å². The molecule has 212 valence electrons. The van der Waals surface area contributed by atoms with Gasteiger partial charge in [0.15, 0.2) is 5.82 Å². The van der Waals surface area contributed by atoms with Crippen molar-refractivity contribution in [2.45, 2.75) is 0 Å². The maximum absolute atomic E-state index is 14.2. The summed E-state index contributed by atoms with van der Waals surface area (Å²) in [5.41, 5.74) is 8.30. The first-order valence-corrected chi connectivity index (χ1v) is 15.0. The van der Waals surface area contributed by atoms with E-state index in [1.54, 1.807) is 0 Å². The molecule has 0 aliphatic heterocycles. The van der Waals surface area contributed by atoms with E-state index in [1.807, 2.05) is 126 Å². The van der Waals surface area contributed by atoms with E-state index >= 15 is 0 Å². The van der Waals surface area contributed by atoms with Gasteiger partial charge in [-0.2, -0.15) is 0 Å². The number of nitrogens with zero attached hydrogens (tertiary/aromatic N) is 3. The topological polar surface area (TPSA) is 47.8 Å². The largest absolute Gasteiger partial charge is 0.276 e. The quantitative estimate of drug-likeness (QED) is 0.191. The molecule has 0 fully saturated rings. The molecule has 2 aromatic heterocycles. The summed E-state index contributed by atoms with van der Waals surface area (Å²) in [7, 11) is 0. The second kappa shape index (κ2) is 11.2. The molecule has 2 heterocycles. The zero-order valence-electron chi connectivity index (χ0n) is 24.3.